The first-order valence-corrected chi connectivity index (χ1v) is 8.22. The van der Waals surface area contributed by atoms with E-state index in [1.807, 2.05) is 0 Å². The van der Waals surface area contributed by atoms with Gasteiger partial charge in [-0.05, 0) is 30.9 Å². The Kier molecular flexibility index (Phi) is 9.14. The fraction of sp³-hybridized carbons (Fsp3) is 0.611. The van der Waals surface area contributed by atoms with Crippen LogP contribution in [0.3, 0.4) is 0 Å². The van der Waals surface area contributed by atoms with Gasteiger partial charge in [0.15, 0.2) is 5.96 Å². The molecule has 2 N–H and O–H groups in total. The number of ether oxygens (including phenoxy) is 2. The molecule has 1 aromatic rings. The quantitative estimate of drug-likeness (QED) is 0.417. The molecule has 5 heteroatoms. The Morgan fingerprint density at radius 2 is 2.00 bits per heavy atom. The van der Waals surface area contributed by atoms with Crippen LogP contribution in [0.15, 0.2) is 23.2 Å². The molecule has 23 heavy (non-hydrogen) atoms. The molecule has 1 aromatic carbocycles. The summed E-state index contributed by atoms with van der Waals surface area (Å²) in [6, 6.07) is 6.24. The van der Waals surface area contributed by atoms with Gasteiger partial charge < -0.3 is 20.1 Å². The maximum absolute atomic E-state index is 5.81. The molecule has 0 bridgehead atoms. The zero-order valence-corrected chi connectivity index (χ0v) is 15.1. The van der Waals surface area contributed by atoms with Gasteiger partial charge in [0.1, 0.15) is 12.4 Å². The van der Waals surface area contributed by atoms with Crippen LogP contribution in [-0.2, 0) is 11.3 Å². The number of rotatable bonds is 9. The van der Waals surface area contributed by atoms with Crippen LogP contribution >= 0.6 is 0 Å². The summed E-state index contributed by atoms with van der Waals surface area (Å²) in [5, 5.41) is 6.67. The highest BCUT2D eigenvalue weighted by molar-refractivity contribution is 5.79. The first kappa shape index (κ1) is 19.3. The molecule has 0 heterocycles. The molecule has 5 nitrogen and oxygen atoms in total. The number of methoxy groups -OCH3 is 1. The zero-order valence-electron chi connectivity index (χ0n) is 15.1. The fourth-order valence-electron chi connectivity index (χ4n) is 2.06. The van der Waals surface area contributed by atoms with Crippen LogP contribution in [0.25, 0.3) is 0 Å². The normalized spacial score (nSPS) is 11.7. The summed E-state index contributed by atoms with van der Waals surface area (Å²) in [5.41, 5.74) is 2.29. The molecule has 0 saturated heterocycles. The first-order chi connectivity index (χ1) is 11.1. The van der Waals surface area contributed by atoms with Crippen LogP contribution < -0.4 is 15.4 Å². The number of hydrogen-bond donors (Lipinski definition) is 2. The highest BCUT2D eigenvalue weighted by Gasteiger charge is 2.06. The van der Waals surface area contributed by atoms with Gasteiger partial charge in [0, 0.05) is 32.8 Å². The lowest BCUT2D eigenvalue weighted by molar-refractivity contribution is 0.145. The van der Waals surface area contributed by atoms with Gasteiger partial charge in [0.25, 0.3) is 0 Å². The first-order valence-electron chi connectivity index (χ1n) is 8.22. The van der Waals surface area contributed by atoms with E-state index in [0.717, 1.165) is 30.2 Å². The van der Waals surface area contributed by atoms with Crippen molar-refractivity contribution < 1.29 is 9.47 Å². The molecule has 0 spiro atoms. The third-order valence-electron chi connectivity index (χ3n) is 3.45. The molecule has 0 aliphatic heterocycles. The van der Waals surface area contributed by atoms with Crippen molar-refractivity contribution >= 4 is 5.96 Å². The maximum Gasteiger partial charge on any atom is 0.191 e. The highest BCUT2D eigenvalue weighted by atomic mass is 16.5. The van der Waals surface area contributed by atoms with Crippen LogP contribution in [0.1, 0.15) is 31.4 Å². The van der Waals surface area contributed by atoms with E-state index in [1.165, 1.54) is 5.56 Å². The van der Waals surface area contributed by atoms with Gasteiger partial charge in [0.05, 0.1) is 6.61 Å². The molecule has 1 rings (SSSR count). The van der Waals surface area contributed by atoms with E-state index in [-0.39, 0.29) is 0 Å². The van der Waals surface area contributed by atoms with Gasteiger partial charge >= 0.3 is 0 Å². The van der Waals surface area contributed by atoms with Crippen molar-refractivity contribution in [2.75, 3.05) is 33.9 Å². The lowest BCUT2D eigenvalue weighted by atomic mass is 10.1. The summed E-state index contributed by atoms with van der Waals surface area (Å²) in [4.78, 5) is 4.26. The van der Waals surface area contributed by atoms with E-state index < -0.39 is 0 Å². The van der Waals surface area contributed by atoms with Crippen molar-refractivity contribution in [3.8, 4) is 5.75 Å². The van der Waals surface area contributed by atoms with Crippen molar-refractivity contribution in [3.05, 3.63) is 29.3 Å². The highest BCUT2D eigenvalue weighted by Crippen LogP contribution is 2.20. The molecular formula is C18H31N3O2. The second kappa shape index (κ2) is 10.9. The minimum Gasteiger partial charge on any atom is -0.491 e. The Morgan fingerprint density at radius 1 is 1.22 bits per heavy atom. The lowest BCUT2D eigenvalue weighted by Gasteiger charge is -2.16. The average molecular weight is 321 g/mol. The molecule has 0 radical (unpaired) electrons. The Labute approximate surface area is 140 Å². The molecular weight excluding hydrogens is 290 g/mol. The number of nitrogens with zero attached hydrogens (tertiary/aromatic N) is 1. The maximum atomic E-state index is 5.81. The van der Waals surface area contributed by atoms with Crippen molar-refractivity contribution in [1.82, 2.24) is 10.6 Å². The van der Waals surface area contributed by atoms with Crippen molar-refractivity contribution in [2.24, 2.45) is 10.9 Å². The van der Waals surface area contributed by atoms with Gasteiger partial charge in [-0.2, -0.15) is 0 Å². The molecule has 0 amide bonds. The third kappa shape index (κ3) is 7.88. The summed E-state index contributed by atoms with van der Waals surface area (Å²) in [7, 11) is 3.46. The minimum absolute atomic E-state index is 0.550. The van der Waals surface area contributed by atoms with Crippen LogP contribution in [0, 0.1) is 12.8 Å². The van der Waals surface area contributed by atoms with Gasteiger partial charge in [-0.3, -0.25) is 4.99 Å². The van der Waals surface area contributed by atoms with E-state index in [1.54, 1.807) is 14.2 Å². The predicted octanol–water partition coefficient (Wildman–Crippen LogP) is 2.73. The second-order valence-electron chi connectivity index (χ2n) is 5.99. The van der Waals surface area contributed by atoms with Gasteiger partial charge in [-0.15, -0.1) is 0 Å². The molecule has 0 aromatic heterocycles. The van der Waals surface area contributed by atoms with E-state index in [2.05, 4.69) is 54.6 Å². The van der Waals surface area contributed by atoms with Crippen LogP contribution in [0.5, 0.6) is 5.75 Å². The smallest absolute Gasteiger partial charge is 0.191 e. The molecule has 0 unspecified atom stereocenters. The van der Waals surface area contributed by atoms with Crippen molar-refractivity contribution in [3.63, 3.8) is 0 Å². The van der Waals surface area contributed by atoms with E-state index >= 15 is 0 Å². The van der Waals surface area contributed by atoms with Crippen LogP contribution in [0.2, 0.25) is 0 Å². The molecule has 0 atom stereocenters. The SMILES string of the molecule is CN=C(NCCC(C)C)NCc1ccc(C)cc1OCCOC. The molecule has 0 saturated carbocycles. The molecule has 0 aliphatic carbocycles. The average Bonchev–Trinajstić information content (AvgIpc) is 2.52. The third-order valence-corrected chi connectivity index (χ3v) is 3.45. The summed E-state index contributed by atoms with van der Waals surface area (Å²) in [5.74, 6) is 2.39. The predicted molar refractivity (Wildman–Crippen MR) is 96.2 cm³/mol. The van der Waals surface area contributed by atoms with E-state index in [0.29, 0.717) is 25.7 Å². The van der Waals surface area contributed by atoms with Crippen molar-refractivity contribution in [2.45, 2.75) is 33.7 Å². The summed E-state index contributed by atoms with van der Waals surface area (Å²) < 4.78 is 10.9. The number of nitrogens with one attached hydrogen (secondary N) is 2. The fourth-order valence-corrected chi connectivity index (χ4v) is 2.06. The molecule has 0 aliphatic rings. The van der Waals surface area contributed by atoms with Gasteiger partial charge in [-0.1, -0.05) is 26.0 Å². The standard InChI is InChI=1S/C18H31N3O2/c1-14(2)8-9-20-18(19-4)21-13-16-7-6-15(3)12-17(16)23-11-10-22-5/h6-7,12,14H,8-11,13H2,1-5H3,(H2,19,20,21). The van der Waals surface area contributed by atoms with E-state index in [9.17, 15) is 0 Å². The zero-order chi connectivity index (χ0) is 17.1. The van der Waals surface area contributed by atoms with E-state index in [4.69, 9.17) is 9.47 Å². The van der Waals surface area contributed by atoms with Crippen molar-refractivity contribution in [1.29, 1.82) is 0 Å². The number of hydrogen-bond acceptors (Lipinski definition) is 3. The largest absolute Gasteiger partial charge is 0.491 e. The number of benzene rings is 1. The topological polar surface area (TPSA) is 54.9 Å². The molecule has 130 valence electrons. The summed E-state index contributed by atoms with van der Waals surface area (Å²) in [6.45, 7) is 9.22. The Balaban J connectivity index is 2.57. The van der Waals surface area contributed by atoms with Crippen LogP contribution in [-0.4, -0.2) is 39.9 Å². The molecule has 0 fully saturated rings. The van der Waals surface area contributed by atoms with Gasteiger partial charge in [0.2, 0.25) is 0 Å². The monoisotopic (exact) mass is 321 g/mol. The summed E-state index contributed by atoms with van der Waals surface area (Å²) in [6.07, 6.45) is 1.12. The summed E-state index contributed by atoms with van der Waals surface area (Å²) >= 11 is 0. The van der Waals surface area contributed by atoms with Gasteiger partial charge in [-0.25, -0.2) is 0 Å². The lowest BCUT2D eigenvalue weighted by Crippen LogP contribution is -2.37. The minimum atomic E-state index is 0.550. The number of aliphatic imine (C=N–C) groups is 1. The Morgan fingerprint density at radius 3 is 2.65 bits per heavy atom. The Bertz CT molecular complexity index is 487. The number of guanidine groups is 1. The second-order valence-corrected chi connectivity index (χ2v) is 5.99. The number of aryl methyl sites for hydroxylation is 1. The Hall–Kier alpha value is -1.75. The van der Waals surface area contributed by atoms with Crippen LogP contribution in [0.4, 0.5) is 0 Å².